The Kier molecular flexibility index (Phi) is 4.36. The molecule has 1 heterocycles. The molecule has 19 heavy (non-hydrogen) atoms. The van der Waals surface area contributed by atoms with Crippen molar-refractivity contribution in [1.82, 2.24) is 4.98 Å². The molecular weight excluding hydrogens is 240 g/mol. The SMILES string of the molecule is CCOc1cccc(Oc2cc([C@H](C)N)ccn2)c1. The maximum absolute atomic E-state index is 5.84. The van der Waals surface area contributed by atoms with Crippen LogP contribution in [-0.4, -0.2) is 11.6 Å². The summed E-state index contributed by atoms with van der Waals surface area (Å²) in [5.74, 6) is 2.01. The number of benzene rings is 1. The highest BCUT2D eigenvalue weighted by Crippen LogP contribution is 2.25. The topological polar surface area (TPSA) is 57.4 Å². The normalized spacial score (nSPS) is 11.9. The summed E-state index contributed by atoms with van der Waals surface area (Å²) >= 11 is 0. The lowest BCUT2D eigenvalue weighted by molar-refractivity contribution is 0.338. The number of hydrogen-bond donors (Lipinski definition) is 1. The number of hydrogen-bond acceptors (Lipinski definition) is 4. The summed E-state index contributed by atoms with van der Waals surface area (Å²) in [5, 5.41) is 0. The molecule has 0 aliphatic carbocycles. The average molecular weight is 258 g/mol. The summed E-state index contributed by atoms with van der Waals surface area (Å²) in [4.78, 5) is 4.17. The van der Waals surface area contributed by atoms with Gasteiger partial charge in [-0.2, -0.15) is 0 Å². The summed E-state index contributed by atoms with van der Waals surface area (Å²) < 4.78 is 11.1. The Morgan fingerprint density at radius 3 is 2.74 bits per heavy atom. The van der Waals surface area contributed by atoms with Crippen LogP contribution in [0, 0.1) is 0 Å². The largest absolute Gasteiger partial charge is 0.494 e. The van der Waals surface area contributed by atoms with Crippen molar-refractivity contribution in [3.63, 3.8) is 0 Å². The van der Waals surface area contributed by atoms with Crippen LogP contribution in [0.5, 0.6) is 17.4 Å². The van der Waals surface area contributed by atoms with Crippen LogP contribution in [0.25, 0.3) is 0 Å². The molecule has 0 fully saturated rings. The minimum absolute atomic E-state index is 0.0416. The van der Waals surface area contributed by atoms with Gasteiger partial charge >= 0.3 is 0 Å². The van der Waals surface area contributed by atoms with Gasteiger partial charge in [-0.15, -0.1) is 0 Å². The monoisotopic (exact) mass is 258 g/mol. The van der Waals surface area contributed by atoms with E-state index in [1.165, 1.54) is 0 Å². The molecule has 1 atom stereocenters. The zero-order valence-electron chi connectivity index (χ0n) is 11.2. The van der Waals surface area contributed by atoms with Gasteiger partial charge in [0.15, 0.2) is 0 Å². The zero-order valence-corrected chi connectivity index (χ0v) is 11.2. The van der Waals surface area contributed by atoms with Crippen LogP contribution in [-0.2, 0) is 0 Å². The van der Waals surface area contributed by atoms with E-state index in [4.69, 9.17) is 15.2 Å². The Morgan fingerprint density at radius 1 is 1.21 bits per heavy atom. The molecule has 1 aromatic heterocycles. The van der Waals surface area contributed by atoms with Gasteiger partial charge in [-0.05, 0) is 37.6 Å². The third kappa shape index (κ3) is 3.69. The van der Waals surface area contributed by atoms with Crippen LogP contribution in [0.3, 0.4) is 0 Å². The molecule has 0 saturated carbocycles. The van der Waals surface area contributed by atoms with E-state index < -0.39 is 0 Å². The standard InChI is InChI=1S/C15H18N2O2/c1-3-18-13-5-4-6-14(10-13)19-15-9-12(11(2)16)7-8-17-15/h4-11H,3,16H2,1-2H3/t11-/m0/s1. The van der Waals surface area contributed by atoms with E-state index >= 15 is 0 Å². The average Bonchev–Trinajstić information content (AvgIpc) is 2.40. The minimum Gasteiger partial charge on any atom is -0.494 e. The Hall–Kier alpha value is -2.07. The quantitative estimate of drug-likeness (QED) is 0.894. The van der Waals surface area contributed by atoms with Crippen molar-refractivity contribution < 1.29 is 9.47 Å². The molecule has 0 radical (unpaired) electrons. The van der Waals surface area contributed by atoms with Gasteiger partial charge < -0.3 is 15.2 Å². The highest BCUT2D eigenvalue weighted by Gasteiger charge is 2.04. The zero-order chi connectivity index (χ0) is 13.7. The second kappa shape index (κ2) is 6.20. The summed E-state index contributed by atoms with van der Waals surface area (Å²) in [6.45, 7) is 4.50. The molecule has 2 rings (SSSR count). The van der Waals surface area contributed by atoms with Gasteiger partial charge in [-0.3, -0.25) is 0 Å². The van der Waals surface area contributed by atoms with Gasteiger partial charge in [0, 0.05) is 24.4 Å². The van der Waals surface area contributed by atoms with Gasteiger partial charge in [-0.1, -0.05) is 6.07 Å². The maximum Gasteiger partial charge on any atom is 0.219 e. The molecule has 4 heteroatoms. The maximum atomic E-state index is 5.84. The molecule has 0 spiro atoms. The van der Waals surface area contributed by atoms with Crippen molar-refractivity contribution in [2.45, 2.75) is 19.9 Å². The van der Waals surface area contributed by atoms with E-state index in [1.54, 1.807) is 6.20 Å². The third-order valence-electron chi connectivity index (χ3n) is 2.62. The van der Waals surface area contributed by atoms with Crippen molar-refractivity contribution in [2.24, 2.45) is 5.73 Å². The van der Waals surface area contributed by atoms with E-state index in [2.05, 4.69) is 4.98 Å². The van der Waals surface area contributed by atoms with Crippen LogP contribution < -0.4 is 15.2 Å². The smallest absolute Gasteiger partial charge is 0.219 e. The molecular formula is C15H18N2O2. The fraction of sp³-hybridized carbons (Fsp3) is 0.267. The van der Waals surface area contributed by atoms with E-state index in [1.807, 2.05) is 50.2 Å². The van der Waals surface area contributed by atoms with Crippen molar-refractivity contribution in [3.05, 3.63) is 48.2 Å². The summed E-state index contributed by atoms with van der Waals surface area (Å²) in [7, 11) is 0. The molecule has 0 aliphatic rings. The molecule has 0 bridgehead atoms. The molecule has 4 nitrogen and oxygen atoms in total. The lowest BCUT2D eigenvalue weighted by Crippen LogP contribution is -2.05. The van der Waals surface area contributed by atoms with Crippen molar-refractivity contribution in [3.8, 4) is 17.4 Å². The Morgan fingerprint density at radius 2 is 2.00 bits per heavy atom. The summed E-state index contributed by atoms with van der Waals surface area (Å²) in [5.41, 5.74) is 6.83. The van der Waals surface area contributed by atoms with Crippen LogP contribution in [0.1, 0.15) is 25.5 Å². The Bertz CT molecular complexity index is 541. The fourth-order valence-electron chi connectivity index (χ4n) is 1.68. The highest BCUT2D eigenvalue weighted by molar-refractivity contribution is 5.36. The van der Waals surface area contributed by atoms with Gasteiger partial charge in [0.25, 0.3) is 0 Å². The molecule has 100 valence electrons. The van der Waals surface area contributed by atoms with Crippen LogP contribution >= 0.6 is 0 Å². The first-order valence-corrected chi connectivity index (χ1v) is 6.31. The lowest BCUT2D eigenvalue weighted by Gasteiger charge is -2.09. The molecule has 2 aromatic rings. The molecule has 1 aromatic carbocycles. The first kappa shape index (κ1) is 13.4. The van der Waals surface area contributed by atoms with Gasteiger partial charge in [0.05, 0.1) is 6.61 Å². The van der Waals surface area contributed by atoms with E-state index in [-0.39, 0.29) is 6.04 Å². The predicted molar refractivity (Wildman–Crippen MR) is 74.5 cm³/mol. The van der Waals surface area contributed by atoms with Gasteiger partial charge in [0.2, 0.25) is 5.88 Å². The summed E-state index contributed by atoms with van der Waals surface area (Å²) in [6.07, 6.45) is 1.69. The van der Waals surface area contributed by atoms with Crippen molar-refractivity contribution in [1.29, 1.82) is 0 Å². The number of aromatic nitrogens is 1. The van der Waals surface area contributed by atoms with Gasteiger partial charge in [-0.25, -0.2) is 4.98 Å². The van der Waals surface area contributed by atoms with Crippen LogP contribution in [0.15, 0.2) is 42.6 Å². The summed E-state index contributed by atoms with van der Waals surface area (Å²) in [6, 6.07) is 11.2. The lowest BCUT2D eigenvalue weighted by atomic mass is 10.1. The second-order valence-corrected chi connectivity index (χ2v) is 4.23. The molecule has 0 amide bonds. The van der Waals surface area contributed by atoms with Crippen LogP contribution in [0.2, 0.25) is 0 Å². The Labute approximate surface area is 113 Å². The first-order chi connectivity index (χ1) is 9.19. The van der Waals surface area contributed by atoms with Crippen molar-refractivity contribution >= 4 is 0 Å². The molecule has 0 unspecified atom stereocenters. The minimum atomic E-state index is -0.0416. The van der Waals surface area contributed by atoms with E-state index in [0.29, 0.717) is 18.2 Å². The first-order valence-electron chi connectivity index (χ1n) is 6.31. The van der Waals surface area contributed by atoms with Crippen LogP contribution in [0.4, 0.5) is 0 Å². The number of nitrogens with zero attached hydrogens (tertiary/aromatic N) is 1. The van der Waals surface area contributed by atoms with Gasteiger partial charge in [0.1, 0.15) is 11.5 Å². The van der Waals surface area contributed by atoms with Crippen molar-refractivity contribution in [2.75, 3.05) is 6.61 Å². The fourth-order valence-corrected chi connectivity index (χ4v) is 1.68. The molecule has 0 aliphatic heterocycles. The number of pyridine rings is 1. The van der Waals surface area contributed by atoms with E-state index in [9.17, 15) is 0 Å². The predicted octanol–water partition coefficient (Wildman–Crippen LogP) is 3.29. The molecule has 2 N–H and O–H groups in total. The second-order valence-electron chi connectivity index (χ2n) is 4.23. The number of nitrogens with two attached hydrogens (primary N) is 1. The number of rotatable bonds is 5. The highest BCUT2D eigenvalue weighted by atomic mass is 16.5. The Balaban J connectivity index is 2.16. The molecule has 0 saturated heterocycles. The number of ether oxygens (including phenoxy) is 2. The third-order valence-corrected chi connectivity index (χ3v) is 2.62. The van der Waals surface area contributed by atoms with E-state index in [0.717, 1.165) is 11.3 Å².